The zero-order valence-electron chi connectivity index (χ0n) is 9.83. The molecule has 0 spiro atoms. The minimum Gasteiger partial charge on any atom is -0.299 e. The van der Waals surface area contributed by atoms with Crippen molar-refractivity contribution in [3.8, 4) is 0 Å². The number of nitrogens with two attached hydrogens (primary N) is 1. The molecule has 0 atom stereocenters. The van der Waals surface area contributed by atoms with Crippen LogP contribution in [0.15, 0.2) is 4.34 Å². The van der Waals surface area contributed by atoms with Crippen LogP contribution in [0.5, 0.6) is 0 Å². The van der Waals surface area contributed by atoms with Crippen LogP contribution < -0.4 is 5.14 Å². The van der Waals surface area contributed by atoms with E-state index in [0.29, 0.717) is 5.01 Å². The van der Waals surface area contributed by atoms with E-state index >= 15 is 0 Å². The van der Waals surface area contributed by atoms with Crippen LogP contribution in [0, 0.1) is 5.92 Å². The third-order valence-corrected chi connectivity index (χ3v) is 5.31. The number of nitrogens with zero attached hydrogens (tertiary/aromatic N) is 2. The van der Waals surface area contributed by atoms with Crippen LogP contribution in [0.2, 0.25) is 0 Å². The minimum atomic E-state index is -3.81. The summed E-state index contributed by atoms with van der Waals surface area (Å²) in [4.78, 5) is 12.0. The molecule has 1 saturated carbocycles. The molecule has 8 heteroatoms. The van der Waals surface area contributed by atoms with Crippen molar-refractivity contribution in [1.82, 2.24) is 10.2 Å². The average molecular weight is 289 g/mol. The van der Waals surface area contributed by atoms with Gasteiger partial charge in [-0.25, -0.2) is 13.6 Å². The fraction of sp³-hybridized carbons (Fsp3) is 0.700. The molecule has 100 valence electrons. The highest BCUT2D eigenvalue weighted by Crippen LogP contribution is 2.26. The Morgan fingerprint density at radius 2 is 1.94 bits per heavy atom. The van der Waals surface area contributed by atoms with Crippen LogP contribution in [-0.2, 0) is 21.2 Å². The molecule has 1 fully saturated rings. The number of aromatic nitrogens is 2. The zero-order chi connectivity index (χ0) is 13.2. The van der Waals surface area contributed by atoms with Crippen molar-refractivity contribution < 1.29 is 13.2 Å². The molecule has 0 aliphatic heterocycles. The molecule has 0 unspecified atom stereocenters. The summed E-state index contributed by atoms with van der Waals surface area (Å²) in [5, 5.41) is 12.6. The number of carbonyl (C=O) groups excluding carboxylic acids is 1. The van der Waals surface area contributed by atoms with Gasteiger partial charge in [0.15, 0.2) is 0 Å². The molecule has 1 aromatic heterocycles. The zero-order valence-corrected chi connectivity index (χ0v) is 11.5. The van der Waals surface area contributed by atoms with Crippen molar-refractivity contribution in [1.29, 1.82) is 0 Å². The van der Waals surface area contributed by atoms with Crippen LogP contribution in [-0.4, -0.2) is 24.4 Å². The molecular formula is C10H15N3O3S2. The summed E-state index contributed by atoms with van der Waals surface area (Å²) in [5.41, 5.74) is 0. The van der Waals surface area contributed by atoms with Gasteiger partial charge in [0.1, 0.15) is 10.8 Å². The summed E-state index contributed by atoms with van der Waals surface area (Å²) in [7, 11) is -3.81. The predicted octanol–water partition coefficient (Wildman–Crippen LogP) is 0.877. The normalized spacial score (nSPS) is 17.8. The minimum absolute atomic E-state index is 0.0978. The Hall–Kier alpha value is -0.860. The van der Waals surface area contributed by atoms with Gasteiger partial charge in [-0.2, -0.15) is 0 Å². The lowest BCUT2D eigenvalue weighted by atomic mass is 9.85. The molecule has 0 amide bonds. The number of ketones is 1. The first kappa shape index (κ1) is 13.6. The maximum Gasteiger partial charge on any atom is 0.267 e. The van der Waals surface area contributed by atoms with E-state index in [9.17, 15) is 13.2 Å². The van der Waals surface area contributed by atoms with E-state index < -0.39 is 10.0 Å². The number of hydrogen-bond donors (Lipinski definition) is 1. The SMILES string of the molecule is NS(=O)(=O)c1nnc(CC(=O)C2CCCCC2)s1. The second-order valence-electron chi connectivity index (χ2n) is 4.48. The molecule has 0 aromatic carbocycles. The Labute approximate surface area is 110 Å². The molecule has 0 bridgehead atoms. The van der Waals surface area contributed by atoms with Gasteiger partial charge in [0.05, 0.1) is 6.42 Å². The summed E-state index contributed by atoms with van der Waals surface area (Å²) in [5.74, 6) is 0.229. The third-order valence-electron chi connectivity index (χ3n) is 3.08. The molecule has 1 heterocycles. The number of sulfonamides is 1. The molecule has 2 rings (SSSR count). The molecule has 6 nitrogen and oxygen atoms in total. The fourth-order valence-electron chi connectivity index (χ4n) is 2.14. The van der Waals surface area contributed by atoms with E-state index in [1.54, 1.807) is 0 Å². The Kier molecular flexibility index (Phi) is 4.08. The highest BCUT2D eigenvalue weighted by atomic mass is 32.2. The van der Waals surface area contributed by atoms with Crippen molar-refractivity contribution >= 4 is 27.1 Å². The Morgan fingerprint density at radius 3 is 2.50 bits per heavy atom. The second kappa shape index (κ2) is 5.41. The first-order valence-corrected chi connectivity index (χ1v) is 8.21. The molecule has 0 radical (unpaired) electrons. The van der Waals surface area contributed by atoms with E-state index in [-0.39, 0.29) is 22.5 Å². The van der Waals surface area contributed by atoms with Crippen LogP contribution >= 0.6 is 11.3 Å². The lowest BCUT2D eigenvalue weighted by Gasteiger charge is -2.19. The van der Waals surface area contributed by atoms with Crippen molar-refractivity contribution in [2.45, 2.75) is 42.9 Å². The van der Waals surface area contributed by atoms with Gasteiger partial charge >= 0.3 is 0 Å². The maximum atomic E-state index is 12.0. The monoisotopic (exact) mass is 289 g/mol. The van der Waals surface area contributed by atoms with Gasteiger partial charge in [0.25, 0.3) is 10.0 Å². The molecule has 1 aliphatic carbocycles. The van der Waals surface area contributed by atoms with E-state index in [4.69, 9.17) is 5.14 Å². The Morgan fingerprint density at radius 1 is 1.28 bits per heavy atom. The molecule has 2 N–H and O–H groups in total. The molecular weight excluding hydrogens is 274 g/mol. The van der Waals surface area contributed by atoms with E-state index in [0.717, 1.165) is 37.0 Å². The fourth-order valence-corrected chi connectivity index (χ4v) is 3.63. The van der Waals surface area contributed by atoms with Gasteiger partial charge in [0, 0.05) is 5.92 Å². The van der Waals surface area contributed by atoms with Crippen molar-refractivity contribution in [2.24, 2.45) is 11.1 Å². The summed E-state index contributed by atoms with van der Waals surface area (Å²) in [6.45, 7) is 0. The third kappa shape index (κ3) is 3.33. The van der Waals surface area contributed by atoms with Gasteiger partial charge in [-0.15, -0.1) is 10.2 Å². The van der Waals surface area contributed by atoms with Crippen LogP contribution in [0.1, 0.15) is 37.1 Å². The van der Waals surface area contributed by atoms with Crippen molar-refractivity contribution in [3.05, 3.63) is 5.01 Å². The highest BCUT2D eigenvalue weighted by Gasteiger charge is 2.23. The van der Waals surface area contributed by atoms with Crippen LogP contribution in [0.25, 0.3) is 0 Å². The summed E-state index contributed by atoms with van der Waals surface area (Å²) in [6, 6.07) is 0. The van der Waals surface area contributed by atoms with Crippen LogP contribution in [0.4, 0.5) is 0 Å². The van der Waals surface area contributed by atoms with E-state index in [1.807, 2.05) is 0 Å². The number of hydrogen-bond acceptors (Lipinski definition) is 6. The van der Waals surface area contributed by atoms with E-state index in [1.165, 1.54) is 6.42 Å². The maximum absolute atomic E-state index is 12.0. The molecule has 18 heavy (non-hydrogen) atoms. The average Bonchev–Trinajstić information content (AvgIpc) is 2.78. The van der Waals surface area contributed by atoms with Crippen LogP contribution in [0.3, 0.4) is 0 Å². The Balaban J connectivity index is 2.01. The molecule has 1 aromatic rings. The molecule has 0 saturated heterocycles. The molecule has 1 aliphatic rings. The Bertz CT molecular complexity index is 532. The first-order chi connectivity index (χ1) is 8.47. The smallest absolute Gasteiger partial charge is 0.267 e. The lowest BCUT2D eigenvalue weighted by molar-refractivity contribution is -0.123. The number of Topliss-reactive ketones (excluding diaryl/α,β-unsaturated/α-hetero) is 1. The topological polar surface area (TPSA) is 103 Å². The summed E-state index contributed by atoms with van der Waals surface area (Å²) < 4.78 is 21.8. The van der Waals surface area contributed by atoms with Gasteiger partial charge in [-0.3, -0.25) is 4.79 Å². The van der Waals surface area contributed by atoms with Crippen molar-refractivity contribution in [2.75, 3.05) is 0 Å². The highest BCUT2D eigenvalue weighted by molar-refractivity contribution is 7.91. The number of primary sulfonamides is 1. The predicted molar refractivity (Wildman–Crippen MR) is 66.6 cm³/mol. The summed E-state index contributed by atoms with van der Waals surface area (Å²) in [6.07, 6.45) is 5.40. The van der Waals surface area contributed by atoms with Gasteiger partial charge in [0.2, 0.25) is 4.34 Å². The van der Waals surface area contributed by atoms with Gasteiger partial charge in [-0.05, 0) is 12.8 Å². The number of carbonyl (C=O) groups is 1. The van der Waals surface area contributed by atoms with E-state index in [2.05, 4.69) is 10.2 Å². The summed E-state index contributed by atoms with van der Waals surface area (Å²) >= 11 is 0.876. The standard InChI is InChI=1S/C10H15N3O3S2/c11-18(15,16)10-13-12-9(17-10)6-8(14)7-4-2-1-3-5-7/h7H,1-6H2,(H2,11,15,16). The number of rotatable bonds is 4. The van der Waals surface area contributed by atoms with Crippen molar-refractivity contribution in [3.63, 3.8) is 0 Å². The first-order valence-electron chi connectivity index (χ1n) is 5.85. The second-order valence-corrected chi connectivity index (χ2v) is 7.28. The largest absolute Gasteiger partial charge is 0.299 e. The quantitative estimate of drug-likeness (QED) is 0.886. The van der Waals surface area contributed by atoms with Gasteiger partial charge < -0.3 is 0 Å². The lowest BCUT2D eigenvalue weighted by Crippen LogP contribution is -2.19. The van der Waals surface area contributed by atoms with Gasteiger partial charge in [-0.1, -0.05) is 30.6 Å².